The third kappa shape index (κ3) is 1.47. The van der Waals surface area contributed by atoms with Crippen LogP contribution in [0.15, 0.2) is 24.3 Å². The van der Waals surface area contributed by atoms with Crippen LogP contribution in [0.25, 0.3) is 10.6 Å². The predicted octanol–water partition coefficient (Wildman–Crippen LogP) is 2.43. The van der Waals surface area contributed by atoms with Crippen molar-refractivity contribution >= 4 is 23.3 Å². The maximum absolute atomic E-state index is 11.3. The van der Waals surface area contributed by atoms with Gasteiger partial charge in [0.25, 0.3) is 0 Å². The topological polar surface area (TPSA) is 56.3 Å². The van der Waals surface area contributed by atoms with Crippen LogP contribution in [0.4, 0.5) is 0 Å². The Bertz CT molecular complexity index is 613. The van der Waals surface area contributed by atoms with Gasteiger partial charge in [0.15, 0.2) is 5.69 Å². The van der Waals surface area contributed by atoms with Gasteiger partial charge in [-0.25, -0.2) is 14.6 Å². The van der Waals surface area contributed by atoms with Gasteiger partial charge in [-0.05, 0) is 12.5 Å². The Morgan fingerprint density at radius 3 is 2.65 bits per heavy atom. The quantitative estimate of drug-likeness (QED) is 0.572. The molecule has 0 N–H and O–H groups in total. The molecule has 0 fully saturated rings. The Hall–Kier alpha value is -2.01. The van der Waals surface area contributed by atoms with Crippen LogP contribution < -0.4 is 0 Å². The van der Waals surface area contributed by atoms with Crippen LogP contribution in [0.2, 0.25) is 0 Å². The number of hydrogen-bond acceptors (Lipinski definition) is 5. The highest BCUT2D eigenvalue weighted by Crippen LogP contribution is 2.33. The number of benzene rings is 1. The third-order valence-corrected chi connectivity index (χ3v) is 3.64. The Balaban J connectivity index is 2.17. The first-order valence-corrected chi connectivity index (χ1v) is 5.82. The lowest BCUT2D eigenvalue weighted by atomic mass is 10.1. The normalized spacial score (nSPS) is 13.7. The second-order valence-corrected chi connectivity index (χ2v) is 4.69. The van der Waals surface area contributed by atoms with E-state index < -0.39 is 11.9 Å². The molecule has 1 aromatic carbocycles. The first-order valence-electron chi connectivity index (χ1n) is 5.00. The van der Waals surface area contributed by atoms with E-state index in [1.807, 2.05) is 31.2 Å². The molecule has 84 valence electrons. The smallest absolute Gasteiger partial charge is 0.366 e. The highest BCUT2D eigenvalue weighted by Gasteiger charge is 2.34. The molecule has 4 nitrogen and oxygen atoms in total. The number of hydrogen-bond donors (Lipinski definition) is 0. The van der Waals surface area contributed by atoms with Gasteiger partial charge in [-0.15, -0.1) is 11.3 Å². The van der Waals surface area contributed by atoms with Crippen molar-refractivity contribution in [3.63, 3.8) is 0 Å². The van der Waals surface area contributed by atoms with E-state index in [9.17, 15) is 9.59 Å². The molecule has 2 aromatic rings. The van der Waals surface area contributed by atoms with Gasteiger partial charge in [-0.1, -0.05) is 24.3 Å². The molecule has 0 bridgehead atoms. The van der Waals surface area contributed by atoms with Crippen LogP contribution in [0, 0.1) is 6.92 Å². The predicted molar refractivity (Wildman–Crippen MR) is 62.0 cm³/mol. The van der Waals surface area contributed by atoms with Crippen LogP contribution in [0.3, 0.4) is 0 Å². The third-order valence-electron chi connectivity index (χ3n) is 2.57. The maximum Gasteiger partial charge on any atom is 0.366 e. The van der Waals surface area contributed by atoms with Crippen LogP contribution in [-0.2, 0) is 4.74 Å². The number of cyclic esters (lactones) is 2. The summed E-state index contributed by atoms with van der Waals surface area (Å²) < 4.78 is 4.46. The summed E-state index contributed by atoms with van der Waals surface area (Å²) in [4.78, 5) is 27.1. The number of nitrogens with zero attached hydrogens (tertiary/aromatic N) is 1. The van der Waals surface area contributed by atoms with E-state index in [2.05, 4.69) is 9.72 Å². The fourth-order valence-electron chi connectivity index (χ4n) is 1.70. The van der Waals surface area contributed by atoms with Crippen molar-refractivity contribution in [2.75, 3.05) is 0 Å². The molecule has 0 spiro atoms. The summed E-state index contributed by atoms with van der Waals surface area (Å²) in [5.41, 5.74) is 2.13. The number of aryl methyl sites for hydroxylation is 1. The highest BCUT2D eigenvalue weighted by atomic mass is 32.1. The van der Waals surface area contributed by atoms with Crippen LogP contribution >= 0.6 is 11.3 Å². The van der Waals surface area contributed by atoms with Gasteiger partial charge in [0.1, 0.15) is 9.88 Å². The maximum atomic E-state index is 11.3. The minimum Gasteiger partial charge on any atom is -0.384 e. The molecular formula is C12H7NO3S. The van der Waals surface area contributed by atoms with E-state index in [4.69, 9.17) is 0 Å². The summed E-state index contributed by atoms with van der Waals surface area (Å²) in [6.45, 7) is 1.96. The second-order valence-electron chi connectivity index (χ2n) is 3.69. The summed E-state index contributed by atoms with van der Waals surface area (Å²) in [5, 5.41) is 0.679. The summed E-state index contributed by atoms with van der Waals surface area (Å²) in [7, 11) is 0. The van der Waals surface area contributed by atoms with E-state index in [1.165, 1.54) is 11.3 Å². The molecule has 0 atom stereocenters. The highest BCUT2D eigenvalue weighted by molar-refractivity contribution is 7.17. The summed E-state index contributed by atoms with van der Waals surface area (Å²) >= 11 is 1.19. The van der Waals surface area contributed by atoms with Gasteiger partial charge in [0.05, 0.1) is 0 Å². The Labute approximate surface area is 101 Å². The van der Waals surface area contributed by atoms with E-state index in [1.54, 1.807) is 0 Å². The largest absolute Gasteiger partial charge is 0.384 e. The van der Waals surface area contributed by atoms with Gasteiger partial charge in [-0.2, -0.15) is 0 Å². The number of aromatic nitrogens is 1. The number of carbonyl (C=O) groups excluding carboxylic acids is 2. The molecule has 5 heteroatoms. The standard InChI is InChI=1S/C12H7NO3S/c1-6-4-2-3-5-7(6)10-13-8-9(17-10)12(15)16-11(8)14/h2-5H,1H3. The van der Waals surface area contributed by atoms with Crippen molar-refractivity contribution < 1.29 is 14.3 Å². The molecule has 0 amide bonds. The SMILES string of the molecule is Cc1ccccc1-c1nc2c(s1)C(=O)OC2=O. The van der Waals surface area contributed by atoms with Crippen molar-refractivity contribution in [3.8, 4) is 10.6 Å². The van der Waals surface area contributed by atoms with Gasteiger partial charge in [0, 0.05) is 5.56 Å². The van der Waals surface area contributed by atoms with Crippen molar-refractivity contribution in [1.82, 2.24) is 4.98 Å². The molecule has 0 radical (unpaired) electrons. The minimum absolute atomic E-state index is 0.137. The average molecular weight is 245 g/mol. The molecule has 1 aliphatic heterocycles. The van der Waals surface area contributed by atoms with Crippen molar-refractivity contribution in [2.45, 2.75) is 6.92 Å². The molecule has 0 aliphatic carbocycles. The van der Waals surface area contributed by atoms with Crippen molar-refractivity contribution in [1.29, 1.82) is 0 Å². The van der Waals surface area contributed by atoms with Gasteiger partial charge >= 0.3 is 11.9 Å². The fraction of sp³-hybridized carbons (Fsp3) is 0.0833. The van der Waals surface area contributed by atoms with Crippen LogP contribution in [0.5, 0.6) is 0 Å². The van der Waals surface area contributed by atoms with Crippen LogP contribution in [0.1, 0.15) is 25.7 Å². The molecule has 0 unspecified atom stereocenters. The minimum atomic E-state index is -0.652. The second kappa shape index (κ2) is 3.49. The first-order chi connectivity index (χ1) is 8.16. The molecule has 0 saturated heterocycles. The zero-order chi connectivity index (χ0) is 12.0. The van der Waals surface area contributed by atoms with E-state index in [-0.39, 0.29) is 5.69 Å². The molecule has 1 aliphatic rings. The number of esters is 2. The molecule has 3 rings (SSSR count). The Morgan fingerprint density at radius 2 is 1.94 bits per heavy atom. The number of rotatable bonds is 1. The number of ether oxygens (including phenoxy) is 1. The van der Waals surface area contributed by atoms with E-state index in [0.717, 1.165) is 11.1 Å². The average Bonchev–Trinajstić information content (AvgIpc) is 2.83. The van der Waals surface area contributed by atoms with E-state index in [0.29, 0.717) is 9.88 Å². The van der Waals surface area contributed by atoms with Gasteiger partial charge in [-0.3, -0.25) is 0 Å². The van der Waals surface area contributed by atoms with Crippen molar-refractivity contribution in [2.24, 2.45) is 0 Å². The molecule has 0 saturated carbocycles. The number of fused-ring (bicyclic) bond motifs is 1. The van der Waals surface area contributed by atoms with E-state index >= 15 is 0 Å². The first kappa shape index (κ1) is 10.2. The summed E-state index contributed by atoms with van der Waals surface area (Å²) in [6, 6.07) is 7.70. The Kier molecular flexibility index (Phi) is 2.09. The molecule has 1 aromatic heterocycles. The van der Waals surface area contributed by atoms with Gasteiger partial charge < -0.3 is 4.74 Å². The monoisotopic (exact) mass is 245 g/mol. The summed E-state index contributed by atoms with van der Waals surface area (Å²) in [6.07, 6.45) is 0. The van der Waals surface area contributed by atoms with Gasteiger partial charge in [0.2, 0.25) is 0 Å². The number of thiazole rings is 1. The molecular weight excluding hydrogens is 238 g/mol. The lowest BCUT2D eigenvalue weighted by Gasteiger charge is -2.00. The van der Waals surface area contributed by atoms with Crippen molar-refractivity contribution in [3.05, 3.63) is 40.4 Å². The lowest BCUT2D eigenvalue weighted by molar-refractivity contribution is 0.0443. The zero-order valence-electron chi connectivity index (χ0n) is 8.89. The number of carbonyl (C=O) groups is 2. The molecule has 17 heavy (non-hydrogen) atoms. The fourth-order valence-corrected chi connectivity index (χ4v) is 2.72. The summed E-state index contributed by atoms with van der Waals surface area (Å²) in [5.74, 6) is -1.25. The van der Waals surface area contributed by atoms with Crippen LogP contribution in [-0.4, -0.2) is 16.9 Å². The molecule has 2 heterocycles. The Morgan fingerprint density at radius 1 is 1.18 bits per heavy atom. The lowest BCUT2D eigenvalue weighted by Crippen LogP contribution is -1.99. The zero-order valence-corrected chi connectivity index (χ0v) is 9.71.